The van der Waals surface area contributed by atoms with E-state index in [0.29, 0.717) is 42.9 Å². The number of amides is 1. The summed E-state index contributed by atoms with van der Waals surface area (Å²) in [6, 6.07) is 12.7. The zero-order chi connectivity index (χ0) is 27.4. The van der Waals surface area contributed by atoms with Gasteiger partial charge in [0.25, 0.3) is 5.91 Å². The molecule has 0 saturated carbocycles. The third-order valence-electron chi connectivity index (χ3n) is 5.58. The van der Waals surface area contributed by atoms with Gasteiger partial charge in [-0.05, 0) is 62.1 Å². The average Bonchev–Trinajstić information content (AvgIpc) is 2.86. The summed E-state index contributed by atoms with van der Waals surface area (Å²) in [6.07, 6.45) is 2.27. The lowest BCUT2D eigenvalue weighted by molar-refractivity contribution is -0.143. The van der Waals surface area contributed by atoms with Crippen molar-refractivity contribution in [3.63, 3.8) is 0 Å². The lowest BCUT2D eigenvalue weighted by atomic mass is 9.99. The summed E-state index contributed by atoms with van der Waals surface area (Å²) in [7, 11) is 0. The Bertz CT molecular complexity index is 1140. The summed E-state index contributed by atoms with van der Waals surface area (Å²) in [6.45, 7) is 12.6. The van der Waals surface area contributed by atoms with Crippen molar-refractivity contribution >= 4 is 29.5 Å². The second kappa shape index (κ2) is 14.6. The number of benzene rings is 2. The Morgan fingerprint density at radius 2 is 1.89 bits per heavy atom. The monoisotopic (exact) mass is 508 g/mol. The van der Waals surface area contributed by atoms with Gasteiger partial charge in [0.1, 0.15) is 5.82 Å². The number of aliphatic imine (C=N–C) groups is 1. The fourth-order valence-corrected chi connectivity index (χ4v) is 3.58. The Morgan fingerprint density at radius 3 is 2.51 bits per heavy atom. The smallest absolute Gasteiger partial charge is 0.305 e. The molecular formula is C29H37FN4O3. The third kappa shape index (κ3) is 9.56. The predicted molar refractivity (Wildman–Crippen MR) is 147 cm³/mol. The predicted octanol–water partition coefficient (Wildman–Crippen LogP) is 4.79. The molecule has 0 spiro atoms. The van der Waals surface area contributed by atoms with Crippen molar-refractivity contribution in [2.75, 3.05) is 13.2 Å². The maximum absolute atomic E-state index is 13.5. The summed E-state index contributed by atoms with van der Waals surface area (Å²) >= 11 is 0. The van der Waals surface area contributed by atoms with Crippen molar-refractivity contribution in [2.45, 2.75) is 46.6 Å². The third-order valence-corrected chi connectivity index (χ3v) is 5.58. The van der Waals surface area contributed by atoms with Gasteiger partial charge in [0.15, 0.2) is 0 Å². The van der Waals surface area contributed by atoms with Crippen molar-refractivity contribution in [2.24, 2.45) is 16.6 Å². The van der Waals surface area contributed by atoms with Crippen LogP contribution in [0, 0.1) is 18.7 Å². The van der Waals surface area contributed by atoms with Crippen LogP contribution in [0.25, 0.3) is 5.70 Å². The van der Waals surface area contributed by atoms with Crippen molar-refractivity contribution < 1.29 is 18.7 Å². The largest absolute Gasteiger partial charge is 0.466 e. The van der Waals surface area contributed by atoms with Crippen LogP contribution in [0.3, 0.4) is 0 Å². The van der Waals surface area contributed by atoms with Crippen LogP contribution in [0.2, 0.25) is 0 Å². The molecule has 0 saturated heterocycles. The second-order valence-electron chi connectivity index (χ2n) is 8.99. The average molecular weight is 509 g/mol. The van der Waals surface area contributed by atoms with Crippen molar-refractivity contribution in [3.8, 4) is 0 Å². The highest BCUT2D eigenvalue weighted by Gasteiger charge is 2.22. The van der Waals surface area contributed by atoms with E-state index in [-0.39, 0.29) is 29.0 Å². The molecule has 2 rings (SSSR count). The first kappa shape index (κ1) is 29.3. The van der Waals surface area contributed by atoms with Gasteiger partial charge in [-0.1, -0.05) is 44.2 Å². The zero-order valence-corrected chi connectivity index (χ0v) is 22.0. The highest BCUT2D eigenvalue weighted by Crippen LogP contribution is 2.18. The number of halogens is 1. The quantitative estimate of drug-likeness (QED) is 0.156. The minimum Gasteiger partial charge on any atom is -0.466 e. The lowest BCUT2D eigenvalue weighted by Gasteiger charge is -2.26. The van der Waals surface area contributed by atoms with E-state index in [1.54, 1.807) is 6.92 Å². The van der Waals surface area contributed by atoms with Crippen LogP contribution in [-0.4, -0.2) is 37.3 Å². The molecule has 37 heavy (non-hydrogen) atoms. The van der Waals surface area contributed by atoms with Gasteiger partial charge in [-0.3, -0.25) is 14.6 Å². The maximum atomic E-state index is 13.5. The molecule has 0 radical (unpaired) electrons. The van der Waals surface area contributed by atoms with Crippen molar-refractivity contribution in [1.29, 1.82) is 0 Å². The molecule has 1 unspecified atom stereocenters. The highest BCUT2D eigenvalue weighted by atomic mass is 19.1. The van der Waals surface area contributed by atoms with Crippen molar-refractivity contribution in [1.82, 2.24) is 10.6 Å². The fourth-order valence-electron chi connectivity index (χ4n) is 3.58. The molecule has 198 valence electrons. The Morgan fingerprint density at radius 1 is 1.19 bits per heavy atom. The highest BCUT2D eigenvalue weighted by molar-refractivity contribution is 6.18. The molecule has 0 aliphatic rings. The van der Waals surface area contributed by atoms with Crippen LogP contribution < -0.4 is 16.4 Å². The summed E-state index contributed by atoms with van der Waals surface area (Å²) < 4.78 is 18.2. The molecule has 2 aromatic carbocycles. The SMILES string of the molecule is C=C(NCCCC(=O)OCC)C(NC(=O)/C(C=Nc1ccc(F)cc1)=C(/N)c1cccc(C)c1)C(C)C. The number of nitrogens with zero attached hydrogens (tertiary/aromatic N) is 1. The Balaban J connectivity index is 2.25. The molecule has 1 atom stereocenters. The number of hydrogen-bond donors (Lipinski definition) is 3. The molecule has 0 bridgehead atoms. The number of carbonyl (C=O) groups is 2. The van der Waals surface area contributed by atoms with Crippen molar-refractivity contribution in [3.05, 3.63) is 83.3 Å². The Kier molecular flexibility index (Phi) is 11.5. The van der Waals surface area contributed by atoms with E-state index in [9.17, 15) is 14.0 Å². The molecule has 0 aliphatic carbocycles. The number of aryl methyl sites for hydroxylation is 1. The summed E-state index contributed by atoms with van der Waals surface area (Å²) in [4.78, 5) is 29.4. The molecule has 2 aromatic rings. The van der Waals surface area contributed by atoms with Crippen LogP contribution in [-0.2, 0) is 14.3 Å². The molecule has 0 aromatic heterocycles. The Hall–Kier alpha value is -3.94. The van der Waals surface area contributed by atoms with Crippen LogP contribution in [0.5, 0.6) is 0 Å². The number of nitrogens with two attached hydrogens (primary N) is 1. The van der Waals surface area contributed by atoms with E-state index in [1.807, 2.05) is 45.0 Å². The van der Waals surface area contributed by atoms with Crippen LogP contribution in [0.4, 0.5) is 10.1 Å². The first-order valence-electron chi connectivity index (χ1n) is 12.4. The van der Waals surface area contributed by atoms with Gasteiger partial charge in [0, 0.05) is 24.9 Å². The standard InChI is InChI=1S/C29H37FN4O3/c1-6-37-26(35)11-8-16-32-21(5)28(19(2)3)34-29(36)25(18-33-24-14-12-23(30)13-15-24)27(31)22-10-7-9-20(4)17-22/h7,9-10,12-15,17-19,28,32H,5-6,8,11,16,31H2,1-4H3,(H,34,36)/b27-25+,33-18?. The van der Waals surface area contributed by atoms with Crippen LogP contribution in [0.15, 0.2) is 71.4 Å². The van der Waals surface area contributed by atoms with E-state index in [4.69, 9.17) is 10.5 Å². The molecular weight excluding hydrogens is 471 g/mol. The molecule has 0 fully saturated rings. The first-order valence-corrected chi connectivity index (χ1v) is 12.4. The molecule has 8 heteroatoms. The molecule has 0 aliphatic heterocycles. The van der Waals surface area contributed by atoms with Gasteiger partial charge < -0.3 is 21.1 Å². The fraction of sp³-hybridized carbons (Fsp3) is 0.345. The van der Waals surface area contributed by atoms with E-state index in [0.717, 1.165) is 5.56 Å². The second-order valence-corrected chi connectivity index (χ2v) is 8.99. The van der Waals surface area contributed by atoms with Gasteiger partial charge in [0.05, 0.1) is 29.6 Å². The van der Waals surface area contributed by atoms with Gasteiger partial charge >= 0.3 is 5.97 Å². The Labute approximate surface area is 218 Å². The number of nitrogens with one attached hydrogen (secondary N) is 2. The number of hydrogen-bond acceptors (Lipinski definition) is 6. The number of ether oxygens (including phenoxy) is 1. The number of carbonyl (C=O) groups excluding carboxylic acids is 2. The molecule has 7 nitrogen and oxygen atoms in total. The van der Waals surface area contributed by atoms with E-state index in [1.165, 1.54) is 30.5 Å². The van der Waals surface area contributed by atoms with Gasteiger partial charge in [-0.2, -0.15) is 0 Å². The first-order chi connectivity index (χ1) is 17.6. The van der Waals surface area contributed by atoms with Gasteiger partial charge in [-0.25, -0.2) is 4.39 Å². The van der Waals surface area contributed by atoms with Crippen LogP contribution in [0.1, 0.15) is 44.7 Å². The summed E-state index contributed by atoms with van der Waals surface area (Å²) in [5.41, 5.74) is 9.69. The van der Waals surface area contributed by atoms with E-state index < -0.39 is 11.9 Å². The number of rotatable bonds is 13. The van der Waals surface area contributed by atoms with E-state index in [2.05, 4.69) is 22.2 Å². The zero-order valence-electron chi connectivity index (χ0n) is 22.0. The molecule has 4 N–H and O–H groups in total. The maximum Gasteiger partial charge on any atom is 0.305 e. The summed E-state index contributed by atoms with van der Waals surface area (Å²) in [5, 5.41) is 6.22. The summed E-state index contributed by atoms with van der Waals surface area (Å²) in [5.74, 6) is -1.02. The van der Waals surface area contributed by atoms with Gasteiger partial charge in [0.2, 0.25) is 0 Å². The number of esters is 1. The lowest BCUT2D eigenvalue weighted by Crippen LogP contribution is -2.44. The van der Waals surface area contributed by atoms with Gasteiger partial charge in [-0.15, -0.1) is 0 Å². The minimum absolute atomic E-state index is 0.0180. The topological polar surface area (TPSA) is 106 Å². The minimum atomic E-state index is -0.418. The normalized spacial score (nSPS) is 12.7. The van der Waals surface area contributed by atoms with Crippen LogP contribution >= 0.6 is 0 Å². The molecule has 0 heterocycles. The molecule has 1 amide bonds. The van der Waals surface area contributed by atoms with E-state index >= 15 is 0 Å².